The Morgan fingerprint density at radius 1 is 1.50 bits per heavy atom. The fourth-order valence-corrected chi connectivity index (χ4v) is 1.13. The van der Waals surface area contributed by atoms with Gasteiger partial charge in [-0.3, -0.25) is 4.79 Å². The number of carbonyl (C=O) groups excluding carboxylic acids is 1. The molecule has 64 valence electrons. The summed E-state index contributed by atoms with van der Waals surface area (Å²) in [7, 11) is 0. The van der Waals surface area contributed by atoms with Crippen LogP contribution in [0.2, 0.25) is 0 Å². The summed E-state index contributed by atoms with van der Waals surface area (Å²) in [6, 6.07) is 0. The van der Waals surface area contributed by atoms with E-state index in [2.05, 4.69) is 5.10 Å². The van der Waals surface area contributed by atoms with Crippen molar-refractivity contribution >= 4 is 18.1 Å². The van der Waals surface area contributed by atoms with E-state index in [-0.39, 0.29) is 5.91 Å². The molecule has 0 radical (unpaired) electrons. The van der Waals surface area contributed by atoms with Crippen LogP contribution in [0.1, 0.15) is 25.6 Å². The Kier molecular flexibility index (Phi) is 2.43. The van der Waals surface area contributed by atoms with Crippen molar-refractivity contribution in [2.75, 3.05) is 0 Å². The molecule has 0 saturated carbocycles. The number of rotatable bonds is 0. The highest BCUT2D eigenvalue weighted by molar-refractivity contribution is 5.75. The number of hydrogen-bond acceptors (Lipinski definition) is 2. The van der Waals surface area contributed by atoms with E-state index >= 15 is 0 Å². The van der Waals surface area contributed by atoms with Crippen molar-refractivity contribution < 1.29 is 4.79 Å². The highest BCUT2D eigenvalue weighted by Gasteiger charge is 1.99. The molecule has 1 rings (SSSR count). The summed E-state index contributed by atoms with van der Waals surface area (Å²) in [5.41, 5.74) is 0. The van der Waals surface area contributed by atoms with Crippen molar-refractivity contribution in [1.29, 1.82) is 0 Å². The molecule has 0 saturated heterocycles. The third kappa shape index (κ3) is 1.30. The molecule has 0 atom stereocenters. The molecule has 12 heavy (non-hydrogen) atoms. The lowest BCUT2D eigenvalue weighted by Gasteiger charge is -1.91. The second kappa shape index (κ2) is 3.34. The first-order valence-corrected chi connectivity index (χ1v) is 3.88. The quantitative estimate of drug-likeness (QED) is 0.547. The second-order valence-electron chi connectivity index (χ2n) is 2.49. The lowest BCUT2D eigenvalue weighted by Crippen LogP contribution is -2.31. The second-order valence-corrected chi connectivity index (χ2v) is 2.49. The lowest BCUT2D eigenvalue weighted by atomic mass is 10.4. The summed E-state index contributed by atoms with van der Waals surface area (Å²) < 4.78 is 1.40. The summed E-state index contributed by atoms with van der Waals surface area (Å²) in [6.45, 7) is 5.32. The molecule has 3 heteroatoms. The number of aromatic nitrogens is 2. The minimum absolute atomic E-state index is 0.0591. The van der Waals surface area contributed by atoms with Crippen molar-refractivity contribution in [3.05, 3.63) is 16.8 Å². The smallest absolute Gasteiger partial charge is 0.244 e. The van der Waals surface area contributed by atoms with Crippen molar-refractivity contribution in [3.8, 4) is 0 Å². The zero-order valence-electron chi connectivity index (χ0n) is 7.53. The standard InChI is InChI=1S/C9H12N2O/c1-4-8-6-10-11(7(3)12)9(8)5-2/h4-6H,1-3H3. The van der Waals surface area contributed by atoms with Crippen LogP contribution in [0.4, 0.5) is 0 Å². The molecule has 0 aliphatic heterocycles. The topological polar surface area (TPSA) is 34.9 Å². The largest absolute Gasteiger partial charge is 0.273 e. The van der Waals surface area contributed by atoms with Gasteiger partial charge in [0.05, 0.1) is 11.5 Å². The van der Waals surface area contributed by atoms with Crippen molar-refractivity contribution in [1.82, 2.24) is 9.78 Å². The van der Waals surface area contributed by atoms with Gasteiger partial charge in [0.15, 0.2) is 0 Å². The molecular formula is C9H12N2O. The molecule has 3 nitrogen and oxygen atoms in total. The molecule has 0 aliphatic carbocycles. The van der Waals surface area contributed by atoms with E-state index in [4.69, 9.17) is 0 Å². The Balaban J connectivity index is 3.56. The molecule has 0 aromatic carbocycles. The van der Waals surface area contributed by atoms with E-state index in [1.165, 1.54) is 11.6 Å². The molecule has 1 aromatic heterocycles. The van der Waals surface area contributed by atoms with Crippen LogP contribution in [0.5, 0.6) is 0 Å². The van der Waals surface area contributed by atoms with Gasteiger partial charge in [-0.1, -0.05) is 12.2 Å². The molecule has 0 N–H and O–H groups in total. The number of carbonyl (C=O) groups is 1. The van der Waals surface area contributed by atoms with Gasteiger partial charge in [-0.05, 0) is 13.8 Å². The number of nitrogens with zero attached hydrogens (tertiary/aromatic N) is 2. The maximum absolute atomic E-state index is 11.0. The summed E-state index contributed by atoms with van der Waals surface area (Å²) in [5.74, 6) is -0.0591. The first-order chi connectivity index (χ1) is 5.70. The van der Waals surface area contributed by atoms with Crippen LogP contribution in [0, 0.1) is 0 Å². The van der Waals surface area contributed by atoms with Gasteiger partial charge in [0.25, 0.3) is 0 Å². The van der Waals surface area contributed by atoms with Crippen LogP contribution in [0.15, 0.2) is 6.20 Å². The van der Waals surface area contributed by atoms with Gasteiger partial charge in [0.1, 0.15) is 0 Å². The van der Waals surface area contributed by atoms with Gasteiger partial charge in [0, 0.05) is 12.1 Å². The Bertz CT molecular complexity index is 401. The van der Waals surface area contributed by atoms with Crippen LogP contribution in [0.25, 0.3) is 12.2 Å². The average molecular weight is 164 g/mol. The molecule has 0 fully saturated rings. The molecule has 1 heterocycles. The minimum Gasteiger partial charge on any atom is -0.273 e. The van der Waals surface area contributed by atoms with E-state index in [1.54, 1.807) is 6.20 Å². The Hall–Kier alpha value is -1.38. The number of hydrogen-bond donors (Lipinski definition) is 0. The van der Waals surface area contributed by atoms with Gasteiger partial charge in [-0.15, -0.1) is 0 Å². The van der Waals surface area contributed by atoms with E-state index in [1.807, 2.05) is 26.0 Å². The van der Waals surface area contributed by atoms with Crippen molar-refractivity contribution in [2.45, 2.75) is 20.8 Å². The lowest BCUT2D eigenvalue weighted by molar-refractivity contribution is 0.0917. The average Bonchev–Trinajstić information content (AvgIpc) is 2.46. The third-order valence-electron chi connectivity index (χ3n) is 1.72. The molecule has 1 aromatic rings. The normalized spacial score (nSPS) is 13.9. The predicted octanol–water partition coefficient (Wildman–Crippen LogP) is 0.144. The fraction of sp³-hybridized carbons (Fsp3) is 0.333. The van der Waals surface area contributed by atoms with E-state index in [0.717, 1.165) is 10.6 Å². The molecule has 0 spiro atoms. The Morgan fingerprint density at radius 2 is 2.17 bits per heavy atom. The molecule has 0 amide bonds. The van der Waals surface area contributed by atoms with E-state index < -0.39 is 0 Å². The Morgan fingerprint density at radius 3 is 2.58 bits per heavy atom. The van der Waals surface area contributed by atoms with E-state index in [9.17, 15) is 4.79 Å². The van der Waals surface area contributed by atoms with Crippen molar-refractivity contribution in [2.24, 2.45) is 0 Å². The van der Waals surface area contributed by atoms with Gasteiger partial charge in [0.2, 0.25) is 5.91 Å². The zero-order valence-corrected chi connectivity index (χ0v) is 7.53. The maximum Gasteiger partial charge on any atom is 0.244 e. The highest BCUT2D eigenvalue weighted by Crippen LogP contribution is 1.72. The third-order valence-corrected chi connectivity index (χ3v) is 1.72. The molecule has 0 bridgehead atoms. The molecule has 0 aliphatic rings. The predicted molar refractivity (Wildman–Crippen MR) is 48.1 cm³/mol. The molecule has 0 unspecified atom stereocenters. The first-order valence-electron chi connectivity index (χ1n) is 3.88. The monoisotopic (exact) mass is 164 g/mol. The van der Waals surface area contributed by atoms with E-state index in [0.29, 0.717) is 0 Å². The van der Waals surface area contributed by atoms with Gasteiger partial charge in [-0.2, -0.15) is 5.10 Å². The zero-order chi connectivity index (χ0) is 9.14. The van der Waals surface area contributed by atoms with Crippen LogP contribution in [0.3, 0.4) is 0 Å². The minimum atomic E-state index is -0.0591. The van der Waals surface area contributed by atoms with Gasteiger partial charge in [-0.25, -0.2) is 4.68 Å². The SMILES string of the molecule is CC=c1cnn(C(C)=O)c1=CC. The first kappa shape index (κ1) is 8.71. The highest BCUT2D eigenvalue weighted by atomic mass is 16.2. The van der Waals surface area contributed by atoms with Crippen LogP contribution < -0.4 is 10.6 Å². The van der Waals surface area contributed by atoms with Crippen LogP contribution in [-0.4, -0.2) is 15.7 Å². The summed E-state index contributed by atoms with van der Waals surface area (Å²) in [4.78, 5) is 11.0. The summed E-state index contributed by atoms with van der Waals surface area (Å²) >= 11 is 0. The summed E-state index contributed by atoms with van der Waals surface area (Å²) in [5, 5.41) is 5.82. The van der Waals surface area contributed by atoms with Crippen LogP contribution >= 0.6 is 0 Å². The van der Waals surface area contributed by atoms with Crippen molar-refractivity contribution in [3.63, 3.8) is 0 Å². The van der Waals surface area contributed by atoms with Crippen LogP contribution in [-0.2, 0) is 0 Å². The summed E-state index contributed by atoms with van der Waals surface area (Å²) in [6.07, 6.45) is 5.50. The fourth-order valence-electron chi connectivity index (χ4n) is 1.13. The molecular weight excluding hydrogens is 152 g/mol. The Labute approximate surface area is 71.0 Å². The van der Waals surface area contributed by atoms with Gasteiger partial charge < -0.3 is 0 Å². The van der Waals surface area contributed by atoms with Gasteiger partial charge >= 0.3 is 0 Å². The maximum atomic E-state index is 11.0.